The Morgan fingerprint density at radius 1 is 0.809 bits per heavy atom. The van der Waals surface area contributed by atoms with E-state index < -0.39 is 11.0 Å². The van der Waals surface area contributed by atoms with Crippen LogP contribution >= 0.6 is 0 Å². The van der Waals surface area contributed by atoms with E-state index in [1.165, 1.54) is 0 Å². The van der Waals surface area contributed by atoms with E-state index in [0.29, 0.717) is 31.6 Å². The van der Waals surface area contributed by atoms with Crippen molar-refractivity contribution >= 4 is 11.7 Å². The van der Waals surface area contributed by atoms with Crippen LogP contribution in [0.25, 0.3) is 11.1 Å². The normalized spacial score (nSPS) is 40.7. The van der Waals surface area contributed by atoms with Gasteiger partial charge in [-0.3, -0.25) is 14.5 Å². The first kappa shape index (κ1) is 31.2. The molecule has 1 aliphatic heterocycles. The number of amides is 1. The van der Waals surface area contributed by atoms with Crippen molar-refractivity contribution in [2.75, 3.05) is 32.7 Å². The minimum atomic E-state index is -0.870. The van der Waals surface area contributed by atoms with Crippen molar-refractivity contribution in [3.8, 4) is 11.1 Å². The summed E-state index contributed by atoms with van der Waals surface area (Å²) in [6.45, 7) is 9.97. The summed E-state index contributed by atoms with van der Waals surface area (Å²) in [5.74, 6) is 0.628. The lowest BCUT2D eigenvalue weighted by atomic mass is 9.32. The van der Waals surface area contributed by atoms with E-state index in [2.05, 4.69) is 61.2 Å². The monoisotopic (exact) mass is 634 g/mol. The summed E-state index contributed by atoms with van der Waals surface area (Å²) in [5, 5.41) is 23.7. The number of piperazine rings is 1. The Kier molecular flexibility index (Phi) is 7.12. The number of carbonyl (C=O) groups is 2. The van der Waals surface area contributed by atoms with Crippen LogP contribution in [0.2, 0.25) is 0 Å². The lowest BCUT2D eigenvalue weighted by Crippen LogP contribution is -2.67. The predicted octanol–water partition coefficient (Wildman–Crippen LogP) is 6.29. The summed E-state index contributed by atoms with van der Waals surface area (Å²) in [7, 11) is 0. The van der Waals surface area contributed by atoms with E-state index in [4.69, 9.17) is 0 Å². The minimum Gasteiger partial charge on any atom is -0.393 e. The number of rotatable bonds is 5. The first-order valence-corrected chi connectivity index (χ1v) is 18.0. The summed E-state index contributed by atoms with van der Waals surface area (Å²) < 4.78 is 0. The summed E-state index contributed by atoms with van der Waals surface area (Å²) in [6, 6.07) is 18.4. The summed E-state index contributed by atoms with van der Waals surface area (Å²) in [4.78, 5) is 31.2. The second-order valence-corrected chi connectivity index (χ2v) is 16.4. The van der Waals surface area contributed by atoms with E-state index >= 15 is 0 Å². The van der Waals surface area contributed by atoms with Crippen molar-refractivity contribution in [2.45, 2.75) is 77.4 Å². The number of hydrogen-bond donors (Lipinski definition) is 2. The molecule has 1 amide bonds. The molecule has 4 fully saturated rings. The Bertz CT molecular complexity index is 1640. The molecule has 9 rings (SSSR count). The van der Waals surface area contributed by atoms with Gasteiger partial charge in [-0.05, 0) is 73.3 Å². The lowest BCUT2D eigenvalue weighted by Gasteiger charge is -2.71. The number of Topliss-reactive ketones (excluding diaryl/α,β-unsaturated/α-hetero) is 1. The van der Waals surface area contributed by atoms with Crippen LogP contribution in [0.4, 0.5) is 0 Å². The van der Waals surface area contributed by atoms with Crippen LogP contribution in [0.1, 0.15) is 76.1 Å². The molecule has 1 heterocycles. The van der Waals surface area contributed by atoms with Gasteiger partial charge < -0.3 is 15.1 Å². The van der Waals surface area contributed by atoms with E-state index in [-0.39, 0.29) is 45.9 Å². The molecule has 0 radical (unpaired) electrons. The molecule has 6 aliphatic carbocycles. The van der Waals surface area contributed by atoms with Crippen molar-refractivity contribution in [1.82, 2.24) is 9.80 Å². The number of carbonyl (C=O) groups excluding carboxylic acids is 2. The van der Waals surface area contributed by atoms with E-state index in [1.54, 1.807) is 6.92 Å². The van der Waals surface area contributed by atoms with Crippen molar-refractivity contribution in [1.29, 1.82) is 0 Å². The van der Waals surface area contributed by atoms with E-state index in [9.17, 15) is 19.8 Å². The van der Waals surface area contributed by atoms with Gasteiger partial charge in [-0.15, -0.1) is 0 Å². The third-order valence-corrected chi connectivity index (χ3v) is 14.5. The highest BCUT2D eigenvalue weighted by Crippen LogP contribution is 2.78. The van der Waals surface area contributed by atoms with E-state index in [0.717, 1.165) is 68.3 Å². The van der Waals surface area contributed by atoms with Crippen molar-refractivity contribution in [3.63, 3.8) is 0 Å². The highest BCUT2D eigenvalue weighted by Gasteiger charge is 2.74. The molecule has 47 heavy (non-hydrogen) atoms. The van der Waals surface area contributed by atoms with Crippen molar-refractivity contribution in [2.24, 2.45) is 33.5 Å². The number of benzene rings is 2. The SMILES string of the molecule is CC(=O)N1CCN(C[C@]2(O)CC[C@H]3[C@]45C=C[C@@]6(C=C4C(=O)c4ccc(-c7ccccc7)cc4)CC(O)CC[C@]6(C)[C@H]5CC[C@@]32C)CC1. The van der Waals surface area contributed by atoms with Gasteiger partial charge >= 0.3 is 0 Å². The molecule has 0 aromatic heterocycles. The minimum absolute atomic E-state index is 0.0486. The molecular formula is C41H50N2O4. The number of allylic oxidation sites excluding steroid dienone is 4. The Morgan fingerprint density at radius 3 is 2.15 bits per heavy atom. The summed E-state index contributed by atoms with van der Waals surface area (Å²) >= 11 is 0. The Labute approximate surface area is 279 Å². The molecule has 3 saturated carbocycles. The fourth-order valence-electron chi connectivity index (χ4n) is 11.8. The van der Waals surface area contributed by atoms with Crippen molar-refractivity contribution in [3.05, 3.63) is 84.0 Å². The van der Waals surface area contributed by atoms with E-state index in [1.807, 2.05) is 35.2 Å². The maximum Gasteiger partial charge on any atom is 0.219 e. The van der Waals surface area contributed by atoms with Gasteiger partial charge in [0.25, 0.3) is 0 Å². The summed E-state index contributed by atoms with van der Waals surface area (Å²) in [5.41, 5.74) is 1.76. The topological polar surface area (TPSA) is 81.1 Å². The van der Waals surface area contributed by atoms with Crippen LogP contribution < -0.4 is 0 Å². The zero-order valence-corrected chi connectivity index (χ0v) is 28.3. The molecule has 2 N–H and O–H groups in total. The first-order valence-electron chi connectivity index (χ1n) is 18.0. The van der Waals surface area contributed by atoms with Crippen molar-refractivity contribution < 1.29 is 19.8 Å². The Hall–Kier alpha value is -3.06. The molecule has 2 aromatic rings. The molecular weight excluding hydrogens is 584 g/mol. The molecule has 248 valence electrons. The number of nitrogens with zero attached hydrogens (tertiary/aromatic N) is 2. The fourth-order valence-corrected chi connectivity index (χ4v) is 11.8. The molecule has 7 aliphatic rings. The fraction of sp³-hybridized carbons (Fsp3) is 0.561. The average Bonchev–Trinajstić information content (AvgIpc) is 3.34. The number of β-amino-alcohol motifs (C(OH)–C–C–N with tert-alkyl or cyclic N) is 1. The average molecular weight is 635 g/mol. The van der Waals surface area contributed by atoms with Gasteiger partial charge in [0.15, 0.2) is 5.78 Å². The molecule has 6 heteroatoms. The second-order valence-electron chi connectivity index (χ2n) is 16.4. The number of fused-ring (bicyclic) bond motifs is 1. The van der Waals surface area contributed by atoms with Gasteiger partial charge in [0, 0.05) is 67.0 Å². The summed E-state index contributed by atoms with van der Waals surface area (Å²) in [6.07, 6.45) is 12.6. The van der Waals surface area contributed by atoms with Crippen LogP contribution in [0, 0.1) is 33.5 Å². The Morgan fingerprint density at radius 2 is 1.45 bits per heavy atom. The lowest BCUT2D eigenvalue weighted by molar-refractivity contribution is -0.177. The number of hydrogen-bond acceptors (Lipinski definition) is 5. The zero-order valence-electron chi connectivity index (χ0n) is 28.3. The Balaban J connectivity index is 1.18. The van der Waals surface area contributed by atoms with Gasteiger partial charge in [0.2, 0.25) is 5.91 Å². The van der Waals surface area contributed by atoms with Crippen LogP contribution in [0.3, 0.4) is 0 Å². The third-order valence-electron chi connectivity index (χ3n) is 14.5. The predicted molar refractivity (Wildman–Crippen MR) is 183 cm³/mol. The van der Waals surface area contributed by atoms with Gasteiger partial charge in [-0.25, -0.2) is 0 Å². The maximum absolute atomic E-state index is 14.9. The highest BCUT2D eigenvalue weighted by atomic mass is 16.3. The number of aliphatic hydroxyl groups excluding tert-OH is 1. The van der Waals surface area contributed by atoms with Crippen LogP contribution in [-0.2, 0) is 4.79 Å². The van der Waals surface area contributed by atoms with Gasteiger partial charge in [-0.1, -0.05) is 86.7 Å². The van der Waals surface area contributed by atoms with Crippen LogP contribution in [0.15, 0.2) is 78.4 Å². The molecule has 6 nitrogen and oxygen atoms in total. The van der Waals surface area contributed by atoms with Gasteiger partial charge in [0.05, 0.1) is 11.7 Å². The number of ketones is 1. The zero-order chi connectivity index (χ0) is 32.8. The van der Waals surface area contributed by atoms with Crippen LogP contribution in [0.5, 0.6) is 0 Å². The molecule has 8 atom stereocenters. The largest absolute Gasteiger partial charge is 0.393 e. The maximum atomic E-state index is 14.9. The second kappa shape index (κ2) is 10.7. The standard InChI is InChI=1S/C41H50N2O4/c1-28(44)43-23-21-42(22-24-43)27-40(47)18-15-35-38(40,3)17-14-34-37(2)16-13-32(45)25-39(37)19-20-41(34,35)33(26-39)36(46)31-11-9-30(10-12-31)29-7-5-4-6-8-29/h4-12,19-20,26,32,34-35,45,47H,13-18,21-25,27H2,1-3H3/t32?,34-,35-,37-,38+,39+,40-,41-/m1/s1. The third kappa shape index (κ3) is 4.33. The van der Waals surface area contributed by atoms with Gasteiger partial charge in [0.1, 0.15) is 0 Å². The van der Waals surface area contributed by atoms with Crippen LogP contribution in [-0.4, -0.2) is 76.1 Å². The molecule has 1 saturated heterocycles. The first-order chi connectivity index (χ1) is 22.4. The van der Waals surface area contributed by atoms with Gasteiger partial charge in [-0.2, -0.15) is 0 Å². The smallest absolute Gasteiger partial charge is 0.219 e. The quantitative estimate of drug-likeness (QED) is 0.299. The molecule has 1 unspecified atom stereocenters. The highest BCUT2D eigenvalue weighted by molar-refractivity contribution is 6.10. The molecule has 2 bridgehead atoms. The molecule has 2 aromatic carbocycles. The molecule has 2 spiro atoms. The number of aliphatic hydroxyl groups is 2.